The van der Waals surface area contributed by atoms with Crippen LogP contribution in [0.5, 0.6) is 0 Å². The van der Waals surface area contributed by atoms with Gasteiger partial charge in [0.1, 0.15) is 5.60 Å². The van der Waals surface area contributed by atoms with Gasteiger partial charge in [0, 0.05) is 6.54 Å². The normalized spacial score (nSPS) is 24.4. The van der Waals surface area contributed by atoms with E-state index in [-0.39, 0.29) is 24.1 Å². The van der Waals surface area contributed by atoms with Crippen LogP contribution >= 0.6 is 0 Å². The standard InChI is InChI=1S/C19H34N2O6Si/c1-18(2,3)26-16(23)20-10-9-13(21-15(22)12-25-17(21)24)14(11-20)27-28(7,8)19(4,5)6/h13-14H,9-12H2,1-8H3/t13-,14-/m1/s1. The van der Waals surface area contributed by atoms with E-state index in [1.807, 2.05) is 20.8 Å². The first-order chi connectivity index (χ1) is 12.6. The molecule has 0 aromatic rings. The van der Waals surface area contributed by atoms with Crippen molar-refractivity contribution < 1.29 is 28.3 Å². The van der Waals surface area contributed by atoms with Crippen LogP contribution in [0.3, 0.4) is 0 Å². The number of piperidine rings is 1. The lowest BCUT2D eigenvalue weighted by Crippen LogP contribution is -2.61. The smallest absolute Gasteiger partial charge is 0.417 e. The van der Waals surface area contributed by atoms with Crippen LogP contribution in [0, 0.1) is 0 Å². The van der Waals surface area contributed by atoms with Crippen molar-refractivity contribution in [2.75, 3.05) is 19.7 Å². The maximum absolute atomic E-state index is 12.6. The van der Waals surface area contributed by atoms with Crippen LogP contribution in [0.4, 0.5) is 9.59 Å². The number of carbonyl (C=O) groups excluding carboxylic acids is 3. The van der Waals surface area contributed by atoms with Gasteiger partial charge in [-0.15, -0.1) is 0 Å². The summed E-state index contributed by atoms with van der Waals surface area (Å²) in [5, 5.41) is -0.0543. The van der Waals surface area contributed by atoms with Crippen molar-refractivity contribution in [1.29, 1.82) is 0 Å². The molecule has 2 aliphatic heterocycles. The first kappa shape index (κ1) is 22.7. The van der Waals surface area contributed by atoms with Gasteiger partial charge in [0.15, 0.2) is 14.9 Å². The molecule has 0 saturated carbocycles. The van der Waals surface area contributed by atoms with E-state index in [4.69, 9.17) is 13.9 Å². The second-order valence-electron chi connectivity index (χ2n) is 10.0. The van der Waals surface area contributed by atoms with Gasteiger partial charge >= 0.3 is 12.2 Å². The first-order valence-electron chi connectivity index (χ1n) is 9.77. The van der Waals surface area contributed by atoms with Gasteiger partial charge < -0.3 is 18.8 Å². The average Bonchev–Trinajstić information content (AvgIpc) is 2.83. The second kappa shape index (κ2) is 7.66. The fraction of sp³-hybridized carbons (Fsp3) is 0.842. The number of amides is 3. The predicted octanol–water partition coefficient (Wildman–Crippen LogP) is 3.37. The Morgan fingerprint density at radius 2 is 1.75 bits per heavy atom. The molecule has 2 atom stereocenters. The lowest BCUT2D eigenvalue weighted by atomic mass is 10.0. The lowest BCUT2D eigenvalue weighted by molar-refractivity contribution is -0.130. The molecule has 8 nitrogen and oxygen atoms in total. The minimum atomic E-state index is -2.21. The maximum Gasteiger partial charge on any atom is 0.417 e. The van der Waals surface area contributed by atoms with Crippen molar-refractivity contribution in [3.05, 3.63) is 0 Å². The fourth-order valence-corrected chi connectivity index (χ4v) is 4.39. The van der Waals surface area contributed by atoms with E-state index in [2.05, 4.69) is 33.9 Å². The molecule has 0 aromatic heterocycles. The van der Waals surface area contributed by atoms with Gasteiger partial charge in [-0.1, -0.05) is 20.8 Å². The number of carbonyl (C=O) groups is 3. The second-order valence-corrected chi connectivity index (χ2v) is 14.8. The molecule has 0 unspecified atom stereocenters. The van der Waals surface area contributed by atoms with Crippen molar-refractivity contribution in [3.8, 4) is 0 Å². The monoisotopic (exact) mass is 414 g/mol. The maximum atomic E-state index is 12.6. The summed E-state index contributed by atoms with van der Waals surface area (Å²) in [6.45, 7) is 16.5. The van der Waals surface area contributed by atoms with E-state index in [0.29, 0.717) is 13.0 Å². The molecule has 0 aliphatic carbocycles. The summed E-state index contributed by atoms with van der Waals surface area (Å²) in [7, 11) is -2.21. The van der Waals surface area contributed by atoms with Gasteiger partial charge in [0.2, 0.25) is 0 Å². The fourth-order valence-electron chi connectivity index (χ4n) is 3.05. The molecular weight excluding hydrogens is 380 g/mol. The largest absolute Gasteiger partial charge is 0.444 e. The summed E-state index contributed by atoms with van der Waals surface area (Å²) in [5.41, 5.74) is -0.599. The SMILES string of the molecule is CC(C)(C)OC(=O)N1CC[C@@H](N2C(=O)COC2=O)[C@H](O[Si](C)(C)C(C)(C)C)C1. The Morgan fingerprint density at radius 1 is 1.14 bits per heavy atom. The van der Waals surface area contributed by atoms with E-state index in [1.54, 1.807) is 4.90 Å². The summed E-state index contributed by atoms with van der Waals surface area (Å²) >= 11 is 0. The molecule has 9 heteroatoms. The quantitative estimate of drug-likeness (QED) is 0.658. The van der Waals surface area contributed by atoms with E-state index in [0.717, 1.165) is 0 Å². The molecule has 0 N–H and O–H groups in total. The minimum absolute atomic E-state index is 0.0543. The highest BCUT2D eigenvalue weighted by atomic mass is 28.4. The number of hydrogen-bond acceptors (Lipinski definition) is 6. The van der Waals surface area contributed by atoms with E-state index in [1.165, 1.54) is 4.90 Å². The van der Waals surface area contributed by atoms with Crippen LogP contribution in [0.25, 0.3) is 0 Å². The van der Waals surface area contributed by atoms with Crippen molar-refractivity contribution in [1.82, 2.24) is 9.80 Å². The molecule has 0 radical (unpaired) electrons. The summed E-state index contributed by atoms with van der Waals surface area (Å²) < 4.78 is 17.0. The first-order valence-corrected chi connectivity index (χ1v) is 12.7. The van der Waals surface area contributed by atoms with Gasteiger partial charge in [-0.25, -0.2) is 14.5 Å². The van der Waals surface area contributed by atoms with Crippen LogP contribution in [-0.4, -0.2) is 73.7 Å². The van der Waals surface area contributed by atoms with Gasteiger partial charge in [-0.2, -0.15) is 0 Å². The Kier molecular flexibility index (Phi) is 6.21. The topological polar surface area (TPSA) is 85.4 Å². The molecule has 2 fully saturated rings. The highest BCUT2D eigenvalue weighted by Gasteiger charge is 2.48. The zero-order valence-corrected chi connectivity index (χ0v) is 19.3. The van der Waals surface area contributed by atoms with Crippen LogP contribution < -0.4 is 0 Å². The Morgan fingerprint density at radius 3 is 2.21 bits per heavy atom. The molecule has 2 heterocycles. The molecule has 0 aromatic carbocycles. The molecular formula is C19H34N2O6Si. The van der Waals surface area contributed by atoms with Crippen molar-refractivity contribution in [2.45, 2.75) is 83.8 Å². The highest BCUT2D eigenvalue weighted by Crippen LogP contribution is 2.39. The van der Waals surface area contributed by atoms with Gasteiger partial charge in [0.05, 0.1) is 18.7 Å². The van der Waals surface area contributed by atoms with Gasteiger partial charge in [0.25, 0.3) is 5.91 Å². The molecule has 2 rings (SSSR count). The van der Waals surface area contributed by atoms with Gasteiger partial charge in [-0.05, 0) is 45.3 Å². The summed E-state index contributed by atoms with van der Waals surface area (Å²) in [6, 6.07) is -0.449. The third-order valence-corrected chi connectivity index (χ3v) is 10.0. The van der Waals surface area contributed by atoms with E-state index in [9.17, 15) is 14.4 Å². The molecule has 2 aliphatic rings. The van der Waals surface area contributed by atoms with Crippen molar-refractivity contribution >= 4 is 26.4 Å². The molecule has 0 spiro atoms. The molecule has 160 valence electrons. The van der Waals surface area contributed by atoms with Crippen LogP contribution in [0.1, 0.15) is 48.0 Å². The number of imide groups is 1. The Bertz CT molecular complexity index is 621. The Labute approximate surface area is 168 Å². The summed E-state index contributed by atoms with van der Waals surface area (Å²) in [6.07, 6.45) is -1.09. The third-order valence-electron chi connectivity index (χ3n) is 5.54. The minimum Gasteiger partial charge on any atom is -0.444 e. The summed E-state index contributed by atoms with van der Waals surface area (Å²) in [4.78, 5) is 39.7. The highest BCUT2D eigenvalue weighted by molar-refractivity contribution is 6.74. The molecule has 28 heavy (non-hydrogen) atoms. The molecule has 3 amide bonds. The Hall–Kier alpha value is -1.61. The van der Waals surface area contributed by atoms with Crippen molar-refractivity contribution in [2.24, 2.45) is 0 Å². The van der Waals surface area contributed by atoms with Crippen LogP contribution in [0.2, 0.25) is 18.1 Å². The number of likely N-dealkylation sites (tertiary alicyclic amines) is 1. The van der Waals surface area contributed by atoms with Crippen LogP contribution in [-0.2, 0) is 18.7 Å². The number of cyclic esters (lactones) is 1. The zero-order chi connectivity index (χ0) is 21.5. The zero-order valence-electron chi connectivity index (χ0n) is 18.3. The van der Waals surface area contributed by atoms with E-state index >= 15 is 0 Å². The number of rotatable bonds is 3. The number of nitrogens with zero attached hydrogens (tertiary/aromatic N) is 2. The van der Waals surface area contributed by atoms with Crippen LogP contribution in [0.15, 0.2) is 0 Å². The van der Waals surface area contributed by atoms with Gasteiger partial charge in [-0.3, -0.25) is 4.79 Å². The lowest BCUT2D eigenvalue weighted by Gasteiger charge is -2.46. The summed E-state index contributed by atoms with van der Waals surface area (Å²) in [5.74, 6) is -0.357. The number of ether oxygens (including phenoxy) is 2. The molecule has 0 bridgehead atoms. The third kappa shape index (κ3) is 5.05. The van der Waals surface area contributed by atoms with Crippen molar-refractivity contribution in [3.63, 3.8) is 0 Å². The molecule has 2 saturated heterocycles. The number of hydrogen-bond donors (Lipinski definition) is 0. The van der Waals surface area contributed by atoms with E-state index < -0.39 is 38.3 Å². The Balaban J connectivity index is 2.25. The average molecular weight is 415 g/mol. The predicted molar refractivity (Wildman–Crippen MR) is 106 cm³/mol.